The standard InChI is InChI=1S/C13H14N2O3S2/c1-13(3-5-20(17,18)9-13)15-6-11(7-16)12(14-15)10-2-4-19-8-10/h2,4,6-8H,3,5,9H2,1H3. The van der Waals surface area contributed by atoms with Gasteiger partial charge in [0.2, 0.25) is 0 Å². The van der Waals surface area contributed by atoms with Crippen molar-refractivity contribution in [2.24, 2.45) is 0 Å². The largest absolute Gasteiger partial charge is 0.298 e. The number of nitrogens with zero attached hydrogens (tertiary/aromatic N) is 2. The quantitative estimate of drug-likeness (QED) is 0.813. The predicted molar refractivity (Wildman–Crippen MR) is 77.8 cm³/mol. The lowest BCUT2D eigenvalue weighted by Crippen LogP contribution is -2.31. The second kappa shape index (κ2) is 4.53. The summed E-state index contributed by atoms with van der Waals surface area (Å²) in [4.78, 5) is 11.2. The van der Waals surface area contributed by atoms with Crippen molar-refractivity contribution in [2.45, 2.75) is 18.9 Å². The number of carbonyl (C=O) groups excluding carboxylic acids is 1. The summed E-state index contributed by atoms with van der Waals surface area (Å²) in [6.07, 6.45) is 2.95. The highest BCUT2D eigenvalue weighted by Gasteiger charge is 2.41. The van der Waals surface area contributed by atoms with Gasteiger partial charge >= 0.3 is 0 Å². The van der Waals surface area contributed by atoms with Crippen LogP contribution in [0.2, 0.25) is 0 Å². The molecule has 1 fully saturated rings. The first kappa shape index (κ1) is 13.5. The van der Waals surface area contributed by atoms with Gasteiger partial charge in [-0.15, -0.1) is 0 Å². The summed E-state index contributed by atoms with van der Waals surface area (Å²) in [7, 11) is -3.01. The zero-order valence-electron chi connectivity index (χ0n) is 10.9. The molecule has 7 heteroatoms. The summed E-state index contributed by atoms with van der Waals surface area (Å²) in [6.45, 7) is 1.87. The van der Waals surface area contributed by atoms with Gasteiger partial charge in [-0.05, 0) is 24.8 Å². The third-order valence-corrected chi connectivity index (χ3v) is 6.27. The molecule has 3 heterocycles. The summed E-state index contributed by atoms with van der Waals surface area (Å²) >= 11 is 1.53. The number of aldehydes is 1. The van der Waals surface area contributed by atoms with E-state index in [1.54, 1.807) is 10.9 Å². The van der Waals surface area contributed by atoms with Gasteiger partial charge in [0.1, 0.15) is 5.69 Å². The topological polar surface area (TPSA) is 69.0 Å². The van der Waals surface area contributed by atoms with Crippen molar-refractivity contribution < 1.29 is 13.2 Å². The van der Waals surface area contributed by atoms with Crippen LogP contribution in [0.25, 0.3) is 11.3 Å². The van der Waals surface area contributed by atoms with Gasteiger partial charge in [0.05, 0.1) is 22.6 Å². The maximum Gasteiger partial charge on any atom is 0.153 e. The molecule has 3 rings (SSSR count). The van der Waals surface area contributed by atoms with Gasteiger partial charge in [0.25, 0.3) is 0 Å². The fourth-order valence-electron chi connectivity index (χ4n) is 2.55. The van der Waals surface area contributed by atoms with Crippen molar-refractivity contribution in [1.29, 1.82) is 0 Å². The minimum atomic E-state index is -3.01. The molecular formula is C13H14N2O3S2. The second-order valence-electron chi connectivity index (χ2n) is 5.35. The Bertz CT molecular complexity index is 747. The Morgan fingerprint density at radius 1 is 1.50 bits per heavy atom. The molecule has 0 aromatic carbocycles. The fourth-order valence-corrected chi connectivity index (χ4v) is 5.31. The minimum Gasteiger partial charge on any atom is -0.298 e. The Balaban J connectivity index is 2.06. The first-order chi connectivity index (χ1) is 9.43. The number of hydrogen-bond donors (Lipinski definition) is 0. The van der Waals surface area contributed by atoms with Crippen LogP contribution >= 0.6 is 11.3 Å². The molecule has 0 bridgehead atoms. The first-order valence-corrected chi connectivity index (χ1v) is 8.98. The lowest BCUT2D eigenvalue weighted by atomic mass is 10.0. The molecule has 106 valence electrons. The summed E-state index contributed by atoms with van der Waals surface area (Å²) in [6, 6.07) is 1.90. The van der Waals surface area contributed by atoms with E-state index in [9.17, 15) is 13.2 Å². The Morgan fingerprint density at radius 2 is 2.30 bits per heavy atom. The van der Waals surface area contributed by atoms with Gasteiger partial charge in [0.15, 0.2) is 16.1 Å². The lowest BCUT2D eigenvalue weighted by Gasteiger charge is -2.22. The SMILES string of the molecule is CC1(n2cc(C=O)c(-c3ccsc3)n2)CCS(=O)(=O)C1. The molecule has 0 amide bonds. The van der Waals surface area contributed by atoms with E-state index >= 15 is 0 Å². The molecule has 0 spiro atoms. The normalized spacial score (nSPS) is 24.9. The molecule has 1 atom stereocenters. The van der Waals surface area contributed by atoms with Crippen molar-refractivity contribution in [3.05, 3.63) is 28.6 Å². The molecule has 0 radical (unpaired) electrons. The summed E-state index contributed by atoms with van der Waals surface area (Å²) in [5.41, 5.74) is 1.44. The van der Waals surface area contributed by atoms with Crippen LogP contribution in [-0.2, 0) is 15.4 Å². The van der Waals surface area contributed by atoms with Crippen LogP contribution in [0.15, 0.2) is 23.0 Å². The highest BCUT2D eigenvalue weighted by Crippen LogP contribution is 2.32. The number of sulfone groups is 1. The van der Waals surface area contributed by atoms with Crippen molar-refractivity contribution in [2.75, 3.05) is 11.5 Å². The summed E-state index contributed by atoms with van der Waals surface area (Å²) in [5.74, 6) is 0.247. The highest BCUT2D eigenvalue weighted by molar-refractivity contribution is 7.91. The Labute approximate surface area is 121 Å². The van der Waals surface area contributed by atoms with Crippen LogP contribution in [0, 0.1) is 0 Å². The Kier molecular flexibility index (Phi) is 3.06. The van der Waals surface area contributed by atoms with Crippen molar-refractivity contribution >= 4 is 27.5 Å². The molecule has 20 heavy (non-hydrogen) atoms. The van der Waals surface area contributed by atoms with Gasteiger partial charge in [-0.25, -0.2) is 8.42 Å². The zero-order valence-corrected chi connectivity index (χ0v) is 12.6. The molecule has 0 aliphatic carbocycles. The number of hydrogen-bond acceptors (Lipinski definition) is 5. The van der Waals surface area contributed by atoms with Crippen LogP contribution in [0.3, 0.4) is 0 Å². The lowest BCUT2D eigenvalue weighted by molar-refractivity contribution is 0.112. The van der Waals surface area contributed by atoms with Crippen LogP contribution in [0.4, 0.5) is 0 Å². The molecular weight excluding hydrogens is 296 g/mol. The molecule has 1 aliphatic rings. The van der Waals surface area contributed by atoms with Crippen LogP contribution in [0.5, 0.6) is 0 Å². The number of carbonyl (C=O) groups is 1. The molecule has 1 unspecified atom stereocenters. The fraction of sp³-hybridized carbons (Fsp3) is 0.385. The summed E-state index contributed by atoms with van der Waals surface area (Å²) in [5, 5.41) is 8.32. The average Bonchev–Trinajstić information content (AvgIpc) is 3.07. The van der Waals surface area contributed by atoms with Crippen LogP contribution in [-0.4, -0.2) is 36.0 Å². The highest BCUT2D eigenvalue weighted by atomic mass is 32.2. The number of thiophene rings is 1. The van der Waals surface area contributed by atoms with Gasteiger partial charge in [-0.3, -0.25) is 9.48 Å². The van der Waals surface area contributed by atoms with E-state index in [1.807, 2.05) is 23.8 Å². The molecule has 2 aromatic rings. The van der Waals surface area contributed by atoms with E-state index in [1.165, 1.54) is 11.3 Å². The predicted octanol–water partition coefficient (Wildman–Crippen LogP) is 1.96. The first-order valence-electron chi connectivity index (χ1n) is 6.22. The van der Waals surface area contributed by atoms with Crippen LogP contribution in [0.1, 0.15) is 23.7 Å². The summed E-state index contributed by atoms with van der Waals surface area (Å²) < 4.78 is 25.0. The second-order valence-corrected chi connectivity index (χ2v) is 8.31. The van der Waals surface area contributed by atoms with Crippen molar-refractivity contribution in [1.82, 2.24) is 9.78 Å². The Morgan fingerprint density at radius 3 is 2.85 bits per heavy atom. The van der Waals surface area contributed by atoms with E-state index in [0.29, 0.717) is 17.7 Å². The van der Waals surface area contributed by atoms with Gasteiger partial charge in [0, 0.05) is 17.1 Å². The molecule has 1 saturated heterocycles. The molecule has 0 saturated carbocycles. The molecule has 1 aliphatic heterocycles. The van der Waals surface area contributed by atoms with Crippen LogP contribution < -0.4 is 0 Å². The van der Waals surface area contributed by atoms with Gasteiger partial charge in [-0.2, -0.15) is 16.4 Å². The van der Waals surface area contributed by atoms with Gasteiger partial charge in [-0.1, -0.05) is 0 Å². The van der Waals surface area contributed by atoms with E-state index in [4.69, 9.17) is 0 Å². The molecule has 5 nitrogen and oxygen atoms in total. The van der Waals surface area contributed by atoms with E-state index in [-0.39, 0.29) is 11.5 Å². The van der Waals surface area contributed by atoms with E-state index < -0.39 is 15.4 Å². The zero-order chi connectivity index (χ0) is 14.4. The maximum atomic E-state index is 11.7. The number of rotatable bonds is 3. The maximum absolute atomic E-state index is 11.7. The minimum absolute atomic E-state index is 0.0725. The average molecular weight is 310 g/mol. The smallest absolute Gasteiger partial charge is 0.153 e. The molecule has 2 aromatic heterocycles. The third kappa shape index (κ3) is 2.20. The molecule has 0 N–H and O–H groups in total. The number of aromatic nitrogens is 2. The monoisotopic (exact) mass is 310 g/mol. The van der Waals surface area contributed by atoms with Gasteiger partial charge < -0.3 is 0 Å². The van der Waals surface area contributed by atoms with Crippen molar-refractivity contribution in [3.8, 4) is 11.3 Å². The van der Waals surface area contributed by atoms with E-state index in [2.05, 4.69) is 5.10 Å². The Hall–Kier alpha value is -1.47. The van der Waals surface area contributed by atoms with E-state index in [0.717, 1.165) is 11.8 Å². The van der Waals surface area contributed by atoms with Crippen molar-refractivity contribution in [3.63, 3.8) is 0 Å². The third-order valence-electron chi connectivity index (χ3n) is 3.70.